The van der Waals surface area contributed by atoms with E-state index in [0.717, 1.165) is 0 Å². The first-order chi connectivity index (χ1) is 8.43. The Bertz CT molecular complexity index is 542. The van der Waals surface area contributed by atoms with Crippen molar-refractivity contribution >= 4 is 15.7 Å². The fourth-order valence-corrected chi connectivity index (χ4v) is 3.97. The zero-order valence-corrected chi connectivity index (χ0v) is 11.4. The number of nitrogen functional groups attached to an aromatic ring is 1. The molecule has 0 aliphatic carbocycles. The van der Waals surface area contributed by atoms with Crippen molar-refractivity contribution in [2.75, 3.05) is 25.5 Å². The van der Waals surface area contributed by atoms with Crippen molar-refractivity contribution in [3.05, 3.63) is 23.8 Å². The van der Waals surface area contributed by atoms with Gasteiger partial charge >= 0.3 is 0 Å². The Balaban J connectivity index is 2.41. The molecule has 0 radical (unpaired) electrons. The summed E-state index contributed by atoms with van der Waals surface area (Å²) in [6.07, 6.45) is 0. The number of aryl methyl sites for hydroxylation is 1. The molecule has 18 heavy (non-hydrogen) atoms. The van der Waals surface area contributed by atoms with Crippen LogP contribution in [0.2, 0.25) is 0 Å². The van der Waals surface area contributed by atoms with E-state index in [1.807, 2.05) is 6.92 Å². The molecule has 2 rings (SSSR count). The smallest absolute Gasteiger partial charge is 0.243 e. The van der Waals surface area contributed by atoms with Crippen molar-refractivity contribution in [3.8, 4) is 0 Å². The number of morpholine rings is 1. The van der Waals surface area contributed by atoms with Gasteiger partial charge in [0.2, 0.25) is 10.0 Å². The lowest BCUT2D eigenvalue weighted by Crippen LogP contribution is -2.47. The Morgan fingerprint density at radius 2 is 2.17 bits per heavy atom. The molecule has 5 nitrogen and oxygen atoms in total. The number of nitrogens with zero attached hydrogens (tertiary/aromatic N) is 1. The lowest BCUT2D eigenvalue weighted by atomic mass is 10.2. The molecule has 0 aromatic heterocycles. The molecule has 1 aromatic carbocycles. The molecule has 1 heterocycles. The van der Waals surface area contributed by atoms with Crippen molar-refractivity contribution in [1.29, 1.82) is 0 Å². The highest BCUT2D eigenvalue weighted by Gasteiger charge is 2.32. The molecule has 0 saturated carbocycles. The van der Waals surface area contributed by atoms with Crippen LogP contribution in [0.15, 0.2) is 23.1 Å². The summed E-state index contributed by atoms with van der Waals surface area (Å²) in [5.74, 6) is 0. The van der Waals surface area contributed by atoms with E-state index in [2.05, 4.69) is 0 Å². The second kappa shape index (κ2) is 4.87. The molecule has 1 aliphatic rings. The Morgan fingerprint density at radius 1 is 1.44 bits per heavy atom. The Morgan fingerprint density at radius 3 is 2.78 bits per heavy atom. The van der Waals surface area contributed by atoms with E-state index in [1.165, 1.54) is 4.31 Å². The average Bonchev–Trinajstić information content (AvgIpc) is 2.28. The van der Waals surface area contributed by atoms with Crippen LogP contribution in [0, 0.1) is 6.92 Å². The van der Waals surface area contributed by atoms with Gasteiger partial charge in [-0.2, -0.15) is 4.31 Å². The molecule has 1 aromatic rings. The largest absolute Gasteiger partial charge is 0.399 e. The van der Waals surface area contributed by atoms with Gasteiger partial charge in [-0.3, -0.25) is 0 Å². The van der Waals surface area contributed by atoms with Gasteiger partial charge in [-0.1, -0.05) is 0 Å². The third-order valence-corrected chi connectivity index (χ3v) is 5.27. The molecule has 0 amide bonds. The standard InChI is InChI=1S/C12H18N2O3S/c1-9-7-11(13)3-4-12(9)18(15,16)14-5-6-17-8-10(14)2/h3-4,7,10H,5-6,8,13H2,1-2H3/t10-/m1/s1. The average molecular weight is 270 g/mol. The van der Waals surface area contributed by atoms with Gasteiger partial charge in [0.05, 0.1) is 18.1 Å². The number of sulfonamides is 1. The maximum atomic E-state index is 12.6. The number of hydrogen-bond acceptors (Lipinski definition) is 4. The van der Waals surface area contributed by atoms with Crippen molar-refractivity contribution in [1.82, 2.24) is 4.31 Å². The number of ether oxygens (including phenoxy) is 1. The third-order valence-electron chi connectivity index (χ3n) is 3.09. The molecule has 0 bridgehead atoms. The lowest BCUT2D eigenvalue weighted by molar-refractivity contribution is 0.0392. The Labute approximate surface area is 108 Å². The number of nitrogens with two attached hydrogens (primary N) is 1. The summed E-state index contributed by atoms with van der Waals surface area (Å²) in [7, 11) is -3.46. The monoisotopic (exact) mass is 270 g/mol. The van der Waals surface area contributed by atoms with E-state index in [1.54, 1.807) is 25.1 Å². The first-order valence-electron chi connectivity index (χ1n) is 5.88. The maximum absolute atomic E-state index is 12.6. The minimum atomic E-state index is -3.46. The van der Waals surface area contributed by atoms with E-state index in [4.69, 9.17) is 10.5 Å². The number of anilines is 1. The molecule has 1 saturated heterocycles. The molecular weight excluding hydrogens is 252 g/mol. The molecule has 100 valence electrons. The maximum Gasteiger partial charge on any atom is 0.243 e. The summed E-state index contributed by atoms with van der Waals surface area (Å²) >= 11 is 0. The molecule has 2 N–H and O–H groups in total. The number of rotatable bonds is 2. The minimum absolute atomic E-state index is 0.138. The summed E-state index contributed by atoms with van der Waals surface area (Å²) in [5.41, 5.74) is 6.89. The molecule has 0 spiro atoms. The topological polar surface area (TPSA) is 72.6 Å². The molecule has 6 heteroatoms. The lowest BCUT2D eigenvalue weighted by Gasteiger charge is -2.32. The van der Waals surface area contributed by atoms with E-state index >= 15 is 0 Å². The summed E-state index contributed by atoms with van der Waals surface area (Å²) in [6.45, 7) is 4.88. The Kier molecular flexibility index (Phi) is 3.61. The predicted molar refractivity (Wildman–Crippen MR) is 69.8 cm³/mol. The van der Waals surface area contributed by atoms with Crippen molar-refractivity contribution in [2.24, 2.45) is 0 Å². The van der Waals surface area contributed by atoms with Crippen LogP contribution in [0.4, 0.5) is 5.69 Å². The first-order valence-corrected chi connectivity index (χ1v) is 7.32. The van der Waals surface area contributed by atoms with Gasteiger partial charge in [0.25, 0.3) is 0 Å². The third kappa shape index (κ3) is 2.36. The van der Waals surface area contributed by atoms with E-state index < -0.39 is 10.0 Å². The van der Waals surface area contributed by atoms with Gasteiger partial charge in [0, 0.05) is 18.3 Å². The number of benzene rings is 1. The Hall–Kier alpha value is -1.11. The van der Waals surface area contributed by atoms with Crippen LogP contribution in [-0.2, 0) is 14.8 Å². The summed E-state index contributed by atoms with van der Waals surface area (Å²) < 4.78 is 31.9. The first kappa shape index (κ1) is 13.3. The summed E-state index contributed by atoms with van der Waals surface area (Å²) in [5, 5.41) is 0. The van der Waals surface area contributed by atoms with Gasteiger partial charge in [0.15, 0.2) is 0 Å². The fraction of sp³-hybridized carbons (Fsp3) is 0.500. The quantitative estimate of drug-likeness (QED) is 0.813. The summed E-state index contributed by atoms with van der Waals surface area (Å²) in [4.78, 5) is 0.324. The molecular formula is C12H18N2O3S. The SMILES string of the molecule is Cc1cc(N)ccc1S(=O)(=O)N1CCOC[C@H]1C. The predicted octanol–water partition coefficient (Wildman–Crippen LogP) is 0.987. The van der Waals surface area contributed by atoms with Crippen molar-refractivity contribution in [2.45, 2.75) is 24.8 Å². The van der Waals surface area contributed by atoms with Gasteiger partial charge in [-0.05, 0) is 37.6 Å². The van der Waals surface area contributed by atoms with Crippen LogP contribution in [0.3, 0.4) is 0 Å². The second-order valence-electron chi connectivity index (χ2n) is 4.56. The highest BCUT2D eigenvalue weighted by Crippen LogP contribution is 2.24. The van der Waals surface area contributed by atoms with Crippen LogP contribution in [0.1, 0.15) is 12.5 Å². The van der Waals surface area contributed by atoms with Crippen LogP contribution in [0.25, 0.3) is 0 Å². The van der Waals surface area contributed by atoms with Crippen LogP contribution in [0.5, 0.6) is 0 Å². The highest BCUT2D eigenvalue weighted by molar-refractivity contribution is 7.89. The van der Waals surface area contributed by atoms with Crippen molar-refractivity contribution in [3.63, 3.8) is 0 Å². The van der Waals surface area contributed by atoms with Gasteiger partial charge < -0.3 is 10.5 Å². The van der Waals surface area contributed by atoms with Gasteiger partial charge in [-0.15, -0.1) is 0 Å². The zero-order chi connectivity index (χ0) is 13.3. The van der Waals surface area contributed by atoms with Crippen LogP contribution >= 0.6 is 0 Å². The zero-order valence-electron chi connectivity index (χ0n) is 10.6. The van der Waals surface area contributed by atoms with Gasteiger partial charge in [-0.25, -0.2) is 8.42 Å². The summed E-state index contributed by atoms with van der Waals surface area (Å²) in [6, 6.07) is 4.73. The van der Waals surface area contributed by atoms with Gasteiger partial charge in [0.1, 0.15) is 0 Å². The molecule has 0 unspecified atom stereocenters. The highest BCUT2D eigenvalue weighted by atomic mass is 32.2. The molecule has 1 atom stereocenters. The van der Waals surface area contributed by atoms with Crippen LogP contribution < -0.4 is 5.73 Å². The fourth-order valence-electron chi connectivity index (χ4n) is 2.16. The molecule has 1 aliphatic heterocycles. The number of hydrogen-bond donors (Lipinski definition) is 1. The van der Waals surface area contributed by atoms with Crippen molar-refractivity contribution < 1.29 is 13.2 Å². The normalized spacial score (nSPS) is 22.0. The second-order valence-corrected chi connectivity index (χ2v) is 6.42. The van der Waals surface area contributed by atoms with E-state index in [-0.39, 0.29) is 6.04 Å². The van der Waals surface area contributed by atoms with Crippen LogP contribution in [-0.4, -0.2) is 38.5 Å². The minimum Gasteiger partial charge on any atom is -0.399 e. The molecule has 1 fully saturated rings. The van der Waals surface area contributed by atoms with E-state index in [9.17, 15) is 8.42 Å². The van der Waals surface area contributed by atoms with E-state index in [0.29, 0.717) is 35.9 Å².